The van der Waals surface area contributed by atoms with Gasteiger partial charge in [-0.25, -0.2) is 9.48 Å². The molecular weight excluding hydrogens is 274 g/mol. The minimum absolute atomic E-state index is 0.0277. The first-order valence-electron chi connectivity index (χ1n) is 6.37. The third-order valence-corrected chi connectivity index (χ3v) is 3.13. The van der Waals surface area contributed by atoms with Crippen LogP contribution in [0.1, 0.15) is 24.3 Å². The van der Waals surface area contributed by atoms with Gasteiger partial charge in [0.1, 0.15) is 17.0 Å². The number of hydrogen-bond donors (Lipinski definition) is 2. The van der Waals surface area contributed by atoms with Gasteiger partial charge < -0.3 is 14.6 Å². The molecule has 3 aromatic rings. The van der Waals surface area contributed by atoms with Gasteiger partial charge in [0.25, 0.3) is 0 Å². The molecule has 7 nitrogen and oxygen atoms in total. The number of aromatic hydroxyl groups is 1. The van der Waals surface area contributed by atoms with Gasteiger partial charge in [-0.2, -0.15) is 0 Å². The maximum absolute atomic E-state index is 11.6. The van der Waals surface area contributed by atoms with E-state index in [1.54, 1.807) is 19.2 Å². The molecule has 0 spiro atoms. The minimum atomic E-state index is -0.701. The summed E-state index contributed by atoms with van der Waals surface area (Å²) in [4.78, 5) is 11.6. The monoisotopic (exact) mass is 287 g/mol. The van der Waals surface area contributed by atoms with Crippen molar-refractivity contribution in [2.45, 2.75) is 19.6 Å². The molecule has 0 saturated heterocycles. The highest BCUT2D eigenvalue weighted by Crippen LogP contribution is 2.22. The van der Waals surface area contributed by atoms with Crippen LogP contribution in [0.15, 0.2) is 39.7 Å². The van der Waals surface area contributed by atoms with Gasteiger partial charge >= 0.3 is 5.63 Å². The van der Waals surface area contributed by atoms with Crippen LogP contribution in [0.4, 0.5) is 0 Å². The summed E-state index contributed by atoms with van der Waals surface area (Å²) in [5.41, 5.74) is 0.968. The van der Waals surface area contributed by atoms with Crippen molar-refractivity contribution in [3.8, 4) is 5.75 Å². The standard InChI is InChI=1S/C14H13N3O4/c1-8(18)12-7-17(16-15-12)6-9-4-14(20)21-13-5-10(19)2-3-11(9)13/h2-5,7-8,18-19H,6H2,1H3. The zero-order valence-electron chi connectivity index (χ0n) is 11.2. The van der Waals surface area contributed by atoms with E-state index in [0.29, 0.717) is 28.8 Å². The molecular formula is C14H13N3O4. The minimum Gasteiger partial charge on any atom is -0.508 e. The van der Waals surface area contributed by atoms with E-state index in [4.69, 9.17) is 4.42 Å². The number of rotatable bonds is 3. The molecule has 108 valence electrons. The van der Waals surface area contributed by atoms with E-state index in [2.05, 4.69) is 10.3 Å². The van der Waals surface area contributed by atoms with Crippen molar-refractivity contribution in [2.24, 2.45) is 0 Å². The fraction of sp³-hybridized carbons (Fsp3) is 0.214. The summed E-state index contributed by atoms with van der Waals surface area (Å²) in [6.07, 6.45) is 0.916. The number of hydrogen-bond acceptors (Lipinski definition) is 6. The summed E-state index contributed by atoms with van der Waals surface area (Å²) in [6.45, 7) is 1.91. The maximum Gasteiger partial charge on any atom is 0.336 e. The molecule has 21 heavy (non-hydrogen) atoms. The van der Waals surface area contributed by atoms with Gasteiger partial charge in [0.05, 0.1) is 18.8 Å². The van der Waals surface area contributed by atoms with Gasteiger partial charge in [-0.3, -0.25) is 0 Å². The maximum atomic E-state index is 11.6. The molecule has 7 heteroatoms. The van der Waals surface area contributed by atoms with Gasteiger partial charge in [-0.15, -0.1) is 5.10 Å². The lowest BCUT2D eigenvalue weighted by Gasteiger charge is -2.05. The summed E-state index contributed by atoms with van der Waals surface area (Å²) >= 11 is 0. The first-order valence-corrected chi connectivity index (χ1v) is 6.37. The summed E-state index contributed by atoms with van der Waals surface area (Å²) in [5, 5.41) is 27.4. The van der Waals surface area contributed by atoms with Crippen LogP contribution in [-0.4, -0.2) is 25.2 Å². The number of aromatic nitrogens is 3. The van der Waals surface area contributed by atoms with Crippen molar-refractivity contribution in [3.63, 3.8) is 0 Å². The lowest BCUT2D eigenvalue weighted by molar-refractivity contribution is 0.194. The highest BCUT2D eigenvalue weighted by Gasteiger charge is 2.10. The molecule has 0 fully saturated rings. The number of phenols is 1. The summed E-state index contributed by atoms with van der Waals surface area (Å²) < 4.78 is 6.59. The normalized spacial score (nSPS) is 12.7. The zero-order valence-corrected chi connectivity index (χ0v) is 11.2. The van der Waals surface area contributed by atoms with Crippen LogP contribution >= 0.6 is 0 Å². The Morgan fingerprint density at radius 3 is 2.90 bits per heavy atom. The molecule has 3 rings (SSSR count). The predicted molar refractivity (Wildman–Crippen MR) is 73.9 cm³/mol. The van der Waals surface area contributed by atoms with Crippen LogP contribution in [0.2, 0.25) is 0 Å². The lowest BCUT2D eigenvalue weighted by atomic mass is 10.1. The molecule has 2 heterocycles. The van der Waals surface area contributed by atoms with Gasteiger partial charge in [0, 0.05) is 17.5 Å². The molecule has 0 bridgehead atoms. The largest absolute Gasteiger partial charge is 0.508 e. The zero-order chi connectivity index (χ0) is 15.0. The Kier molecular flexibility index (Phi) is 3.19. The second-order valence-corrected chi connectivity index (χ2v) is 4.79. The topological polar surface area (TPSA) is 101 Å². The van der Waals surface area contributed by atoms with Crippen molar-refractivity contribution in [3.05, 3.63) is 52.1 Å². The Morgan fingerprint density at radius 1 is 1.38 bits per heavy atom. The second-order valence-electron chi connectivity index (χ2n) is 4.79. The first-order chi connectivity index (χ1) is 10.0. The smallest absolute Gasteiger partial charge is 0.336 e. The van der Waals surface area contributed by atoms with E-state index in [0.717, 1.165) is 0 Å². The van der Waals surface area contributed by atoms with Crippen LogP contribution in [0, 0.1) is 0 Å². The highest BCUT2D eigenvalue weighted by molar-refractivity contribution is 5.81. The Balaban J connectivity index is 2.05. The molecule has 2 N–H and O–H groups in total. The van der Waals surface area contributed by atoms with Crippen molar-refractivity contribution >= 4 is 11.0 Å². The van der Waals surface area contributed by atoms with Crippen molar-refractivity contribution < 1.29 is 14.6 Å². The van der Waals surface area contributed by atoms with Crippen molar-refractivity contribution in [1.82, 2.24) is 15.0 Å². The Bertz CT molecular complexity index is 851. The summed E-state index contributed by atoms with van der Waals surface area (Å²) in [7, 11) is 0. The third-order valence-electron chi connectivity index (χ3n) is 3.13. The number of fused-ring (bicyclic) bond motifs is 1. The van der Waals surface area contributed by atoms with E-state index in [1.165, 1.54) is 22.9 Å². The Hall–Kier alpha value is -2.67. The molecule has 0 saturated carbocycles. The van der Waals surface area contributed by atoms with Gasteiger partial charge in [0.2, 0.25) is 0 Å². The highest BCUT2D eigenvalue weighted by atomic mass is 16.4. The van der Waals surface area contributed by atoms with Crippen LogP contribution in [0.5, 0.6) is 5.75 Å². The quantitative estimate of drug-likeness (QED) is 0.702. The average molecular weight is 287 g/mol. The third kappa shape index (κ3) is 2.63. The predicted octanol–water partition coefficient (Wildman–Crippen LogP) is 1.19. The molecule has 2 aromatic heterocycles. The van der Waals surface area contributed by atoms with Crippen LogP contribution in [0.3, 0.4) is 0 Å². The molecule has 1 atom stereocenters. The fourth-order valence-corrected chi connectivity index (χ4v) is 2.11. The van der Waals surface area contributed by atoms with E-state index in [9.17, 15) is 15.0 Å². The van der Waals surface area contributed by atoms with E-state index in [1.807, 2.05) is 0 Å². The average Bonchev–Trinajstić information content (AvgIpc) is 2.86. The van der Waals surface area contributed by atoms with Crippen molar-refractivity contribution in [2.75, 3.05) is 0 Å². The number of aliphatic hydroxyl groups excluding tert-OH is 1. The van der Waals surface area contributed by atoms with Crippen LogP contribution in [0.25, 0.3) is 11.0 Å². The van der Waals surface area contributed by atoms with Crippen LogP contribution in [-0.2, 0) is 6.54 Å². The molecule has 0 aliphatic heterocycles. The molecule has 1 unspecified atom stereocenters. The number of benzene rings is 1. The lowest BCUT2D eigenvalue weighted by Crippen LogP contribution is -2.06. The summed E-state index contributed by atoms with van der Waals surface area (Å²) in [5.74, 6) is 0.0277. The van der Waals surface area contributed by atoms with Gasteiger partial charge in [-0.1, -0.05) is 5.21 Å². The van der Waals surface area contributed by atoms with E-state index in [-0.39, 0.29) is 5.75 Å². The van der Waals surface area contributed by atoms with Crippen molar-refractivity contribution in [1.29, 1.82) is 0 Å². The fourth-order valence-electron chi connectivity index (χ4n) is 2.11. The molecule has 0 radical (unpaired) electrons. The number of aliphatic hydroxyl groups is 1. The molecule has 0 aliphatic rings. The molecule has 0 amide bonds. The molecule has 0 aliphatic carbocycles. The van der Waals surface area contributed by atoms with Gasteiger partial charge in [-0.05, 0) is 24.6 Å². The number of phenolic OH excluding ortho intramolecular Hbond substituents is 1. The summed E-state index contributed by atoms with van der Waals surface area (Å²) in [6, 6.07) is 5.97. The Labute approximate surface area is 119 Å². The SMILES string of the molecule is CC(O)c1cn(Cc2cc(=O)oc3cc(O)ccc23)nn1. The Morgan fingerprint density at radius 2 is 2.19 bits per heavy atom. The second kappa shape index (κ2) is 5.02. The number of nitrogens with zero attached hydrogens (tertiary/aromatic N) is 3. The first kappa shape index (κ1) is 13.3. The molecule has 1 aromatic carbocycles. The van der Waals surface area contributed by atoms with E-state index < -0.39 is 11.7 Å². The van der Waals surface area contributed by atoms with Gasteiger partial charge in [0.15, 0.2) is 0 Å². The van der Waals surface area contributed by atoms with E-state index >= 15 is 0 Å². The van der Waals surface area contributed by atoms with Crippen LogP contribution < -0.4 is 5.63 Å².